The smallest absolute Gasteiger partial charge is 0.137 e. The summed E-state index contributed by atoms with van der Waals surface area (Å²) in [6, 6.07) is 5.65. The van der Waals surface area contributed by atoms with Crippen LogP contribution in [-0.4, -0.2) is 19.1 Å². The Balaban J connectivity index is 2.16. The number of hydrogen-bond acceptors (Lipinski definition) is 2. The molecule has 0 radical (unpaired) electrons. The van der Waals surface area contributed by atoms with Crippen LogP contribution in [0.1, 0.15) is 25.8 Å². The first-order chi connectivity index (χ1) is 8.09. The van der Waals surface area contributed by atoms with Crippen molar-refractivity contribution >= 4 is 15.9 Å². The summed E-state index contributed by atoms with van der Waals surface area (Å²) in [6.45, 7) is 7.06. The van der Waals surface area contributed by atoms with Crippen molar-refractivity contribution < 1.29 is 4.39 Å². The topological polar surface area (TPSA) is 24.1 Å². The van der Waals surface area contributed by atoms with E-state index in [9.17, 15) is 4.39 Å². The predicted molar refractivity (Wildman–Crippen MR) is 73.6 cm³/mol. The highest BCUT2D eigenvalue weighted by Crippen LogP contribution is 2.16. The fraction of sp³-hybridized carbons (Fsp3) is 0.538. The Morgan fingerprint density at radius 1 is 1.29 bits per heavy atom. The van der Waals surface area contributed by atoms with Gasteiger partial charge in [0, 0.05) is 12.6 Å². The van der Waals surface area contributed by atoms with Crippen LogP contribution in [0.3, 0.4) is 0 Å². The molecule has 0 aliphatic carbocycles. The number of hydrogen-bond donors (Lipinski definition) is 2. The van der Waals surface area contributed by atoms with Crippen molar-refractivity contribution in [1.82, 2.24) is 10.6 Å². The molecule has 0 aromatic heterocycles. The lowest BCUT2D eigenvalue weighted by atomic mass is 10.2. The molecule has 1 aromatic carbocycles. The molecule has 96 valence electrons. The molecule has 0 aliphatic rings. The molecular formula is C13H20BrFN2. The summed E-state index contributed by atoms with van der Waals surface area (Å²) in [5, 5.41) is 6.70. The van der Waals surface area contributed by atoms with Crippen LogP contribution in [0.4, 0.5) is 4.39 Å². The van der Waals surface area contributed by atoms with E-state index >= 15 is 0 Å². The van der Waals surface area contributed by atoms with Gasteiger partial charge in [0.25, 0.3) is 0 Å². The van der Waals surface area contributed by atoms with Gasteiger partial charge in [0.1, 0.15) is 5.82 Å². The van der Waals surface area contributed by atoms with Crippen molar-refractivity contribution in [2.45, 2.75) is 32.9 Å². The molecule has 0 unspecified atom stereocenters. The van der Waals surface area contributed by atoms with Gasteiger partial charge in [0.05, 0.1) is 4.47 Å². The van der Waals surface area contributed by atoms with Crippen LogP contribution in [0, 0.1) is 5.82 Å². The van der Waals surface area contributed by atoms with E-state index in [1.165, 1.54) is 6.07 Å². The lowest BCUT2D eigenvalue weighted by Crippen LogP contribution is -2.26. The van der Waals surface area contributed by atoms with E-state index in [1.807, 2.05) is 6.07 Å². The van der Waals surface area contributed by atoms with Crippen LogP contribution in [0.15, 0.2) is 22.7 Å². The van der Waals surface area contributed by atoms with Gasteiger partial charge in [0.15, 0.2) is 0 Å². The first-order valence-corrected chi connectivity index (χ1v) is 6.77. The minimum absolute atomic E-state index is 0.213. The summed E-state index contributed by atoms with van der Waals surface area (Å²) in [4.78, 5) is 0. The molecule has 0 bridgehead atoms. The zero-order chi connectivity index (χ0) is 12.7. The molecule has 0 saturated carbocycles. The zero-order valence-corrected chi connectivity index (χ0v) is 12.0. The van der Waals surface area contributed by atoms with E-state index in [4.69, 9.17) is 0 Å². The van der Waals surface area contributed by atoms with Crippen LogP contribution in [0.2, 0.25) is 0 Å². The molecule has 0 spiro atoms. The van der Waals surface area contributed by atoms with Gasteiger partial charge in [0.2, 0.25) is 0 Å². The summed E-state index contributed by atoms with van der Waals surface area (Å²) in [5.41, 5.74) is 1.09. The SMILES string of the molecule is CC(C)NCCCNCc1ccc(F)c(Br)c1. The molecule has 0 amide bonds. The lowest BCUT2D eigenvalue weighted by molar-refractivity contribution is 0.547. The fourth-order valence-electron chi connectivity index (χ4n) is 1.49. The van der Waals surface area contributed by atoms with Crippen LogP contribution >= 0.6 is 15.9 Å². The lowest BCUT2D eigenvalue weighted by Gasteiger charge is -2.09. The van der Waals surface area contributed by atoms with Crippen molar-refractivity contribution in [3.05, 3.63) is 34.1 Å². The monoisotopic (exact) mass is 302 g/mol. The molecule has 17 heavy (non-hydrogen) atoms. The number of rotatable bonds is 7. The molecule has 0 atom stereocenters. The van der Waals surface area contributed by atoms with Gasteiger partial charge in [-0.3, -0.25) is 0 Å². The Morgan fingerprint density at radius 2 is 2.06 bits per heavy atom. The summed E-state index contributed by atoms with van der Waals surface area (Å²) in [5.74, 6) is -0.213. The molecule has 4 heteroatoms. The number of halogens is 2. The quantitative estimate of drug-likeness (QED) is 0.757. The minimum Gasteiger partial charge on any atom is -0.314 e. The molecular weight excluding hydrogens is 283 g/mol. The molecule has 1 rings (SSSR count). The largest absolute Gasteiger partial charge is 0.314 e. The van der Waals surface area contributed by atoms with Gasteiger partial charge in [-0.15, -0.1) is 0 Å². The normalized spacial score (nSPS) is 11.1. The number of nitrogens with one attached hydrogen (secondary N) is 2. The predicted octanol–water partition coefficient (Wildman–Crippen LogP) is 3.07. The van der Waals surface area contributed by atoms with Crippen molar-refractivity contribution in [1.29, 1.82) is 0 Å². The maximum atomic E-state index is 13.0. The van der Waals surface area contributed by atoms with Crippen LogP contribution in [0.5, 0.6) is 0 Å². The average molecular weight is 303 g/mol. The Labute approximate surface area is 111 Å². The summed E-state index contributed by atoms with van der Waals surface area (Å²) in [6.07, 6.45) is 1.10. The van der Waals surface area contributed by atoms with E-state index in [0.717, 1.165) is 31.6 Å². The molecule has 2 nitrogen and oxygen atoms in total. The number of benzene rings is 1. The van der Waals surface area contributed by atoms with Crippen LogP contribution in [0.25, 0.3) is 0 Å². The summed E-state index contributed by atoms with van der Waals surface area (Å²) < 4.78 is 13.5. The highest BCUT2D eigenvalue weighted by molar-refractivity contribution is 9.10. The van der Waals surface area contributed by atoms with Crippen LogP contribution < -0.4 is 10.6 Å². The van der Waals surface area contributed by atoms with E-state index in [0.29, 0.717) is 10.5 Å². The first kappa shape index (κ1) is 14.6. The maximum absolute atomic E-state index is 13.0. The van der Waals surface area contributed by atoms with Crippen molar-refractivity contribution in [2.75, 3.05) is 13.1 Å². The second-order valence-corrected chi connectivity index (χ2v) is 5.24. The van der Waals surface area contributed by atoms with Gasteiger partial charge < -0.3 is 10.6 Å². The van der Waals surface area contributed by atoms with Crippen molar-refractivity contribution in [3.8, 4) is 0 Å². The third-order valence-electron chi connectivity index (χ3n) is 2.40. The molecule has 0 heterocycles. The van der Waals surface area contributed by atoms with Crippen LogP contribution in [-0.2, 0) is 6.54 Å². The molecule has 2 N–H and O–H groups in total. The molecule has 0 aliphatic heterocycles. The van der Waals surface area contributed by atoms with E-state index < -0.39 is 0 Å². The summed E-state index contributed by atoms with van der Waals surface area (Å²) in [7, 11) is 0. The maximum Gasteiger partial charge on any atom is 0.137 e. The van der Waals surface area contributed by atoms with Crippen molar-refractivity contribution in [3.63, 3.8) is 0 Å². The molecule has 0 saturated heterocycles. The Morgan fingerprint density at radius 3 is 2.71 bits per heavy atom. The minimum atomic E-state index is -0.213. The van der Waals surface area contributed by atoms with Gasteiger partial charge >= 0.3 is 0 Å². The van der Waals surface area contributed by atoms with Gasteiger partial charge in [-0.2, -0.15) is 0 Å². The van der Waals surface area contributed by atoms with E-state index in [-0.39, 0.29) is 5.82 Å². The third-order valence-corrected chi connectivity index (χ3v) is 3.00. The fourth-order valence-corrected chi connectivity index (χ4v) is 1.91. The highest BCUT2D eigenvalue weighted by Gasteiger charge is 1.99. The Kier molecular flexibility index (Phi) is 6.70. The van der Waals surface area contributed by atoms with Gasteiger partial charge in [-0.25, -0.2) is 4.39 Å². The summed E-state index contributed by atoms with van der Waals surface area (Å²) >= 11 is 3.18. The second-order valence-electron chi connectivity index (χ2n) is 4.39. The average Bonchev–Trinajstić information content (AvgIpc) is 2.27. The zero-order valence-electron chi connectivity index (χ0n) is 10.4. The highest BCUT2D eigenvalue weighted by atomic mass is 79.9. The Bertz CT molecular complexity index is 342. The van der Waals surface area contributed by atoms with E-state index in [1.54, 1.807) is 6.07 Å². The standard InChI is InChI=1S/C13H20BrFN2/c1-10(2)17-7-3-6-16-9-11-4-5-13(15)12(14)8-11/h4-5,8,10,16-17H,3,6-7,9H2,1-2H3. The van der Waals surface area contributed by atoms with Crippen molar-refractivity contribution in [2.24, 2.45) is 0 Å². The third kappa shape index (κ3) is 6.15. The van der Waals surface area contributed by atoms with Gasteiger partial charge in [-0.05, 0) is 53.1 Å². The molecule has 0 fully saturated rings. The van der Waals surface area contributed by atoms with E-state index in [2.05, 4.69) is 40.4 Å². The van der Waals surface area contributed by atoms with Gasteiger partial charge in [-0.1, -0.05) is 19.9 Å². The molecule has 1 aromatic rings. The Hall–Kier alpha value is -0.450. The second kappa shape index (κ2) is 7.80. The first-order valence-electron chi connectivity index (χ1n) is 5.97.